The highest BCUT2D eigenvalue weighted by molar-refractivity contribution is 7.91. The molecule has 106 valence electrons. The van der Waals surface area contributed by atoms with Crippen LogP contribution in [0.3, 0.4) is 0 Å². The maximum atomic E-state index is 11.5. The fourth-order valence-corrected chi connectivity index (χ4v) is 3.89. The molecule has 1 aliphatic heterocycles. The normalized spacial score (nSPS) is 21.3. The Morgan fingerprint density at radius 3 is 2.95 bits per heavy atom. The van der Waals surface area contributed by atoms with E-state index in [1.807, 2.05) is 18.0 Å². The molecule has 0 saturated carbocycles. The Morgan fingerprint density at radius 1 is 1.53 bits per heavy atom. The minimum absolute atomic E-state index is 0.0218. The number of anilines is 2. The maximum absolute atomic E-state index is 11.5. The predicted molar refractivity (Wildman–Crippen MR) is 76.3 cm³/mol. The molecule has 1 aromatic rings. The van der Waals surface area contributed by atoms with Gasteiger partial charge in [0.1, 0.15) is 5.82 Å². The molecule has 1 fully saturated rings. The van der Waals surface area contributed by atoms with Gasteiger partial charge in [-0.3, -0.25) is 0 Å². The van der Waals surface area contributed by atoms with Gasteiger partial charge in [0.2, 0.25) is 5.95 Å². The Labute approximate surface area is 114 Å². The average Bonchev–Trinajstić information content (AvgIpc) is 2.76. The molecule has 0 aromatic carbocycles. The van der Waals surface area contributed by atoms with E-state index < -0.39 is 9.84 Å². The van der Waals surface area contributed by atoms with Crippen LogP contribution in [0.5, 0.6) is 0 Å². The van der Waals surface area contributed by atoms with Crippen LogP contribution < -0.4 is 10.2 Å². The van der Waals surface area contributed by atoms with Gasteiger partial charge in [0.25, 0.3) is 0 Å². The fourth-order valence-electron chi connectivity index (χ4n) is 2.11. The Bertz CT molecular complexity index is 532. The van der Waals surface area contributed by atoms with Crippen LogP contribution in [-0.2, 0) is 9.84 Å². The van der Waals surface area contributed by atoms with Crippen molar-refractivity contribution in [2.45, 2.75) is 25.8 Å². The van der Waals surface area contributed by atoms with Crippen LogP contribution in [0.25, 0.3) is 0 Å². The Balaban J connectivity index is 2.08. The maximum Gasteiger partial charge on any atom is 0.227 e. The zero-order valence-corrected chi connectivity index (χ0v) is 12.2. The molecule has 1 aliphatic rings. The topological polar surface area (TPSA) is 75.2 Å². The third-order valence-electron chi connectivity index (χ3n) is 3.27. The summed E-state index contributed by atoms with van der Waals surface area (Å²) in [6.45, 7) is 2.95. The molecule has 0 aliphatic carbocycles. The second kappa shape index (κ2) is 5.73. The summed E-state index contributed by atoms with van der Waals surface area (Å²) in [6, 6.07) is 1.80. The van der Waals surface area contributed by atoms with E-state index in [9.17, 15) is 8.42 Å². The van der Waals surface area contributed by atoms with E-state index in [0.29, 0.717) is 12.4 Å². The summed E-state index contributed by atoms with van der Waals surface area (Å²) in [5.74, 6) is 1.80. The third kappa shape index (κ3) is 3.56. The van der Waals surface area contributed by atoms with Crippen molar-refractivity contribution in [1.82, 2.24) is 9.97 Å². The molecule has 1 saturated heterocycles. The molecule has 0 spiro atoms. The van der Waals surface area contributed by atoms with Gasteiger partial charge in [-0.15, -0.1) is 0 Å². The van der Waals surface area contributed by atoms with Crippen LogP contribution >= 0.6 is 0 Å². The molecule has 7 heteroatoms. The van der Waals surface area contributed by atoms with E-state index in [2.05, 4.69) is 22.2 Å². The number of nitrogens with one attached hydrogen (secondary N) is 1. The number of rotatable bonds is 5. The van der Waals surface area contributed by atoms with Crippen LogP contribution in [0.1, 0.15) is 19.8 Å². The zero-order valence-electron chi connectivity index (χ0n) is 11.3. The van der Waals surface area contributed by atoms with Crippen molar-refractivity contribution in [3.63, 3.8) is 0 Å². The molecule has 0 bridgehead atoms. The van der Waals surface area contributed by atoms with Crippen molar-refractivity contribution in [2.24, 2.45) is 0 Å². The summed E-state index contributed by atoms with van der Waals surface area (Å²) in [6.07, 6.45) is 3.37. The SMILES string of the molecule is CCCNc1ccnc(N(C)C2CCS(=O)(=O)C2)n1. The predicted octanol–water partition coefficient (Wildman–Crippen LogP) is 0.922. The summed E-state index contributed by atoms with van der Waals surface area (Å²) in [5.41, 5.74) is 0. The second-order valence-corrected chi connectivity index (χ2v) is 7.07. The van der Waals surface area contributed by atoms with Crippen molar-refractivity contribution in [2.75, 3.05) is 35.3 Å². The number of sulfone groups is 1. The first kappa shape index (κ1) is 14.0. The molecule has 0 amide bonds. The van der Waals surface area contributed by atoms with Crippen molar-refractivity contribution in [1.29, 1.82) is 0 Å². The largest absolute Gasteiger partial charge is 0.370 e. The summed E-state index contributed by atoms with van der Waals surface area (Å²) in [5, 5.41) is 3.20. The molecular formula is C12H20N4O2S. The van der Waals surface area contributed by atoms with E-state index in [0.717, 1.165) is 18.8 Å². The molecule has 19 heavy (non-hydrogen) atoms. The number of nitrogens with zero attached hydrogens (tertiary/aromatic N) is 3. The first-order chi connectivity index (χ1) is 9.02. The van der Waals surface area contributed by atoms with Crippen LogP contribution in [0.15, 0.2) is 12.3 Å². The molecular weight excluding hydrogens is 264 g/mol. The van der Waals surface area contributed by atoms with E-state index in [1.54, 1.807) is 6.20 Å². The summed E-state index contributed by atoms with van der Waals surface area (Å²) >= 11 is 0. The van der Waals surface area contributed by atoms with E-state index in [-0.39, 0.29) is 17.5 Å². The van der Waals surface area contributed by atoms with Gasteiger partial charge in [-0.2, -0.15) is 4.98 Å². The molecule has 6 nitrogen and oxygen atoms in total. The van der Waals surface area contributed by atoms with Crippen molar-refractivity contribution >= 4 is 21.6 Å². The van der Waals surface area contributed by atoms with E-state index in [1.165, 1.54) is 0 Å². The van der Waals surface area contributed by atoms with Crippen LogP contribution in [0.2, 0.25) is 0 Å². The fraction of sp³-hybridized carbons (Fsp3) is 0.667. The van der Waals surface area contributed by atoms with Gasteiger partial charge in [0.15, 0.2) is 9.84 Å². The van der Waals surface area contributed by atoms with Gasteiger partial charge in [-0.05, 0) is 18.9 Å². The highest BCUT2D eigenvalue weighted by atomic mass is 32.2. The molecule has 1 atom stereocenters. The molecule has 1 aromatic heterocycles. The average molecular weight is 284 g/mol. The van der Waals surface area contributed by atoms with Crippen molar-refractivity contribution in [3.8, 4) is 0 Å². The van der Waals surface area contributed by atoms with E-state index in [4.69, 9.17) is 0 Å². The number of hydrogen-bond donors (Lipinski definition) is 1. The highest BCUT2D eigenvalue weighted by Crippen LogP contribution is 2.20. The molecule has 2 rings (SSSR count). The lowest BCUT2D eigenvalue weighted by molar-refractivity contribution is 0.600. The lowest BCUT2D eigenvalue weighted by atomic mass is 10.2. The molecule has 1 N–H and O–H groups in total. The van der Waals surface area contributed by atoms with Crippen LogP contribution in [0, 0.1) is 0 Å². The number of hydrogen-bond acceptors (Lipinski definition) is 6. The highest BCUT2D eigenvalue weighted by Gasteiger charge is 2.31. The van der Waals surface area contributed by atoms with E-state index >= 15 is 0 Å². The van der Waals surface area contributed by atoms with Gasteiger partial charge in [0, 0.05) is 25.8 Å². The van der Waals surface area contributed by atoms with Crippen molar-refractivity contribution < 1.29 is 8.42 Å². The first-order valence-electron chi connectivity index (χ1n) is 6.52. The quantitative estimate of drug-likeness (QED) is 0.866. The third-order valence-corrected chi connectivity index (χ3v) is 5.02. The van der Waals surface area contributed by atoms with Crippen molar-refractivity contribution in [3.05, 3.63) is 12.3 Å². The lowest BCUT2D eigenvalue weighted by Crippen LogP contribution is -2.33. The van der Waals surface area contributed by atoms with Gasteiger partial charge >= 0.3 is 0 Å². The van der Waals surface area contributed by atoms with Crippen LogP contribution in [0.4, 0.5) is 11.8 Å². The van der Waals surface area contributed by atoms with Gasteiger partial charge in [0.05, 0.1) is 11.5 Å². The monoisotopic (exact) mass is 284 g/mol. The molecule has 2 heterocycles. The van der Waals surface area contributed by atoms with Crippen LogP contribution in [-0.4, -0.2) is 49.5 Å². The Kier molecular flexibility index (Phi) is 4.24. The Morgan fingerprint density at radius 2 is 2.32 bits per heavy atom. The lowest BCUT2D eigenvalue weighted by Gasteiger charge is -2.23. The minimum atomic E-state index is -2.89. The summed E-state index contributed by atoms with van der Waals surface area (Å²) < 4.78 is 23.0. The second-order valence-electron chi connectivity index (χ2n) is 4.84. The zero-order chi connectivity index (χ0) is 13.9. The van der Waals surface area contributed by atoms with Gasteiger partial charge in [-0.1, -0.05) is 6.92 Å². The Hall–Kier alpha value is -1.37. The summed E-state index contributed by atoms with van der Waals surface area (Å²) in [4.78, 5) is 10.5. The first-order valence-corrected chi connectivity index (χ1v) is 8.34. The smallest absolute Gasteiger partial charge is 0.227 e. The molecule has 1 unspecified atom stereocenters. The standard InChI is InChI=1S/C12H20N4O2S/c1-3-6-13-11-4-7-14-12(15-11)16(2)10-5-8-19(17,18)9-10/h4,7,10H,3,5-6,8-9H2,1-2H3,(H,13,14,15). The summed E-state index contributed by atoms with van der Waals surface area (Å²) in [7, 11) is -1.03. The van der Waals surface area contributed by atoms with Gasteiger partial charge in [-0.25, -0.2) is 13.4 Å². The number of aromatic nitrogens is 2. The minimum Gasteiger partial charge on any atom is -0.370 e. The van der Waals surface area contributed by atoms with Gasteiger partial charge < -0.3 is 10.2 Å². The molecule has 0 radical (unpaired) electrons.